The quantitative estimate of drug-likeness (QED) is 0.434. The van der Waals surface area contributed by atoms with Crippen LogP contribution in [0.1, 0.15) is 68.6 Å². The lowest BCUT2D eigenvalue weighted by molar-refractivity contribution is -0.141. The van der Waals surface area contributed by atoms with Gasteiger partial charge in [-0.05, 0) is 56.4 Å². The maximum atomic E-state index is 13.4. The molecule has 0 aliphatic heterocycles. The average Bonchev–Trinajstić information content (AvgIpc) is 2.82. The fraction of sp³-hybridized carbons (Fsp3) is 0.500. The Morgan fingerprint density at radius 2 is 1.73 bits per heavy atom. The first-order chi connectivity index (χ1) is 16.0. The van der Waals surface area contributed by atoms with Gasteiger partial charge in [-0.15, -0.1) is 11.8 Å². The third-order valence-corrected chi connectivity index (χ3v) is 7.56. The van der Waals surface area contributed by atoms with Crippen molar-refractivity contribution >= 4 is 23.6 Å². The fourth-order valence-corrected chi connectivity index (χ4v) is 5.31. The summed E-state index contributed by atoms with van der Waals surface area (Å²) < 4.78 is 0. The molecule has 1 saturated carbocycles. The Kier molecular flexibility index (Phi) is 9.86. The van der Waals surface area contributed by atoms with Crippen LogP contribution in [0.4, 0.5) is 0 Å². The summed E-state index contributed by atoms with van der Waals surface area (Å²) >= 11 is 1.69. The number of aryl methyl sites for hydroxylation is 2. The first-order valence-electron chi connectivity index (χ1n) is 12.3. The van der Waals surface area contributed by atoms with Crippen molar-refractivity contribution in [2.24, 2.45) is 0 Å². The fourth-order valence-electron chi connectivity index (χ4n) is 4.47. The van der Waals surface area contributed by atoms with Crippen LogP contribution in [0.2, 0.25) is 0 Å². The van der Waals surface area contributed by atoms with Crippen molar-refractivity contribution in [1.29, 1.82) is 0 Å². The van der Waals surface area contributed by atoms with Gasteiger partial charge in [0.15, 0.2) is 0 Å². The molecule has 0 bridgehead atoms. The van der Waals surface area contributed by atoms with Crippen molar-refractivity contribution in [3.63, 3.8) is 0 Å². The lowest BCUT2D eigenvalue weighted by Crippen LogP contribution is -2.51. The molecule has 2 aromatic rings. The molecule has 1 N–H and O–H groups in total. The molecule has 1 aliphatic carbocycles. The van der Waals surface area contributed by atoms with E-state index in [-0.39, 0.29) is 17.9 Å². The standard InChI is InChI=1S/C28H38N2O2S/c1-4-26(28(32)29-24-12-6-5-7-13-24)30(20-23-11-9-8-10-22(23)3)27(31)18-19-33-25-16-14-21(2)15-17-25/h8-11,14-17,24,26H,4-7,12-13,18-20H2,1-3H3,(H,29,32)/t26-/m0/s1. The van der Waals surface area contributed by atoms with E-state index in [1.807, 2.05) is 24.0 Å². The van der Waals surface area contributed by atoms with E-state index in [4.69, 9.17) is 0 Å². The van der Waals surface area contributed by atoms with E-state index in [0.717, 1.165) is 24.0 Å². The van der Waals surface area contributed by atoms with E-state index in [1.165, 1.54) is 29.7 Å². The van der Waals surface area contributed by atoms with Gasteiger partial charge in [0, 0.05) is 29.7 Å². The number of nitrogens with zero attached hydrogens (tertiary/aromatic N) is 1. The predicted octanol–water partition coefficient (Wildman–Crippen LogP) is 6.04. The molecule has 178 valence electrons. The molecule has 0 aromatic heterocycles. The van der Waals surface area contributed by atoms with E-state index in [2.05, 4.69) is 55.6 Å². The van der Waals surface area contributed by atoms with Crippen molar-refractivity contribution in [2.75, 3.05) is 5.75 Å². The highest BCUT2D eigenvalue weighted by Crippen LogP contribution is 2.22. The Bertz CT molecular complexity index is 906. The van der Waals surface area contributed by atoms with Crippen molar-refractivity contribution in [1.82, 2.24) is 10.2 Å². The van der Waals surface area contributed by atoms with Crippen LogP contribution < -0.4 is 5.32 Å². The average molecular weight is 467 g/mol. The third-order valence-electron chi connectivity index (χ3n) is 6.55. The summed E-state index contributed by atoms with van der Waals surface area (Å²) in [5.41, 5.74) is 3.47. The van der Waals surface area contributed by atoms with Crippen LogP contribution in [-0.4, -0.2) is 34.6 Å². The summed E-state index contributed by atoms with van der Waals surface area (Å²) in [4.78, 5) is 29.7. The van der Waals surface area contributed by atoms with Crippen molar-refractivity contribution in [3.8, 4) is 0 Å². The lowest BCUT2D eigenvalue weighted by atomic mass is 9.95. The van der Waals surface area contributed by atoms with Crippen LogP contribution in [0.15, 0.2) is 53.4 Å². The molecule has 4 nitrogen and oxygen atoms in total. The molecular weight excluding hydrogens is 428 g/mol. The summed E-state index contributed by atoms with van der Waals surface area (Å²) in [6, 6.07) is 16.3. The Hall–Kier alpha value is -2.27. The van der Waals surface area contributed by atoms with Crippen LogP contribution in [0.3, 0.4) is 0 Å². The first kappa shape index (κ1) is 25.4. The number of rotatable bonds is 10. The molecule has 33 heavy (non-hydrogen) atoms. The molecule has 5 heteroatoms. The zero-order chi connectivity index (χ0) is 23.6. The minimum absolute atomic E-state index is 0.00229. The van der Waals surface area contributed by atoms with E-state index >= 15 is 0 Å². The molecule has 3 rings (SSSR count). The zero-order valence-electron chi connectivity index (χ0n) is 20.3. The van der Waals surface area contributed by atoms with Crippen molar-refractivity contribution in [3.05, 3.63) is 65.2 Å². The summed E-state index contributed by atoms with van der Waals surface area (Å²) in [5.74, 6) is 0.744. The van der Waals surface area contributed by atoms with E-state index < -0.39 is 6.04 Å². The molecular formula is C28H38N2O2S. The first-order valence-corrected chi connectivity index (χ1v) is 13.3. The largest absolute Gasteiger partial charge is 0.352 e. The van der Waals surface area contributed by atoms with E-state index in [0.29, 0.717) is 25.1 Å². The molecule has 1 fully saturated rings. The second kappa shape index (κ2) is 12.8. The van der Waals surface area contributed by atoms with Gasteiger partial charge in [0.25, 0.3) is 0 Å². The second-order valence-corrected chi connectivity index (χ2v) is 10.3. The molecule has 0 heterocycles. The maximum absolute atomic E-state index is 13.4. The maximum Gasteiger partial charge on any atom is 0.243 e. The highest BCUT2D eigenvalue weighted by Gasteiger charge is 2.30. The summed E-state index contributed by atoms with van der Waals surface area (Å²) in [7, 11) is 0. The SMILES string of the molecule is CC[C@@H](C(=O)NC1CCCCC1)N(Cc1ccccc1C)C(=O)CCSc1ccc(C)cc1. The van der Waals surface area contributed by atoms with E-state index in [9.17, 15) is 9.59 Å². The summed E-state index contributed by atoms with van der Waals surface area (Å²) in [5, 5.41) is 3.25. The molecule has 0 radical (unpaired) electrons. The van der Waals surface area contributed by atoms with Gasteiger partial charge in [0.2, 0.25) is 11.8 Å². The molecule has 1 atom stereocenters. The van der Waals surface area contributed by atoms with Crippen LogP contribution in [0, 0.1) is 13.8 Å². The second-order valence-electron chi connectivity index (χ2n) is 9.13. The van der Waals surface area contributed by atoms with Gasteiger partial charge in [-0.3, -0.25) is 9.59 Å². The molecule has 1 aliphatic rings. The number of benzene rings is 2. The number of nitrogens with one attached hydrogen (secondary N) is 1. The van der Waals surface area contributed by atoms with Gasteiger partial charge < -0.3 is 10.2 Å². The van der Waals surface area contributed by atoms with Gasteiger partial charge in [0.1, 0.15) is 6.04 Å². The van der Waals surface area contributed by atoms with Crippen LogP contribution >= 0.6 is 11.8 Å². The zero-order valence-corrected chi connectivity index (χ0v) is 21.1. The highest BCUT2D eigenvalue weighted by atomic mass is 32.2. The molecule has 0 saturated heterocycles. The van der Waals surface area contributed by atoms with Gasteiger partial charge >= 0.3 is 0 Å². The van der Waals surface area contributed by atoms with Crippen molar-refractivity contribution < 1.29 is 9.59 Å². The van der Waals surface area contributed by atoms with E-state index in [1.54, 1.807) is 11.8 Å². The number of hydrogen-bond acceptors (Lipinski definition) is 3. The van der Waals surface area contributed by atoms with Gasteiger partial charge in [0.05, 0.1) is 0 Å². The summed E-state index contributed by atoms with van der Waals surface area (Å²) in [6.07, 6.45) is 6.70. The Labute approximate surface area is 203 Å². The number of amides is 2. The van der Waals surface area contributed by atoms with Crippen LogP contribution in [-0.2, 0) is 16.1 Å². The van der Waals surface area contributed by atoms with Gasteiger partial charge in [-0.1, -0.05) is 68.1 Å². The lowest BCUT2D eigenvalue weighted by Gasteiger charge is -2.33. The van der Waals surface area contributed by atoms with Crippen LogP contribution in [0.5, 0.6) is 0 Å². The predicted molar refractivity (Wildman–Crippen MR) is 137 cm³/mol. The van der Waals surface area contributed by atoms with Crippen LogP contribution in [0.25, 0.3) is 0 Å². The van der Waals surface area contributed by atoms with Gasteiger partial charge in [-0.25, -0.2) is 0 Å². The van der Waals surface area contributed by atoms with Crippen molar-refractivity contribution in [2.45, 2.75) is 89.2 Å². The number of carbonyl (C=O) groups excluding carboxylic acids is 2. The summed E-state index contributed by atoms with van der Waals surface area (Å²) in [6.45, 7) is 6.61. The number of thioether (sulfide) groups is 1. The Morgan fingerprint density at radius 3 is 2.39 bits per heavy atom. The molecule has 2 aromatic carbocycles. The Morgan fingerprint density at radius 1 is 1.03 bits per heavy atom. The Balaban J connectivity index is 1.70. The minimum Gasteiger partial charge on any atom is -0.352 e. The highest BCUT2D eigenvalue weighted by molar-refractivity contribution is 7.99. The molecule has 0 unspecified atom stereocenters. The topological polar surface area (TPSA) is 49.4 Å². The molecule has 0 spiro atoms. The number of hydrogen-bond donors (Lipinski definition) is 1. The minimum atomic E-state index is -0.441. The van der Waals surface area contributed by atoms with Gasteiger partial charge in [-0.2, -0.15) is 0 Å². The smallest absolute Gasteiger partial charge is 0.243 e. The molecule has 2 amide bonds. The normalized spacial score (nSPS) is 15.1. The third kappa shape index (κ3) is 7.63. The number of carbonyl (C=O) groups is 2. The monoisotopic (exact) mass is 466 g/mol.